The van der Waals surface area contributed by atoms with Crippen molar-refractivity contribution in [3.8, 4) is 0 Å². The van der Waals surface area contributed by atoms with Crippen LogP contribution in [0.2, 0.25) is 5.02 Å². The summed E-state index contributed by atoms with van der Waals surface area (Å²) >= 11 is 6.10. The van der Waals surface area contributed by atoms with Crippen LogP contribution in [0.3, 0.4) is 0 Å². The average Bonchev–Trinajstić information content (AvgIpc) is 3.24. The number of hydrogen-bond donors (Lipinski definition) is 2. The zero-order chi connectivity index (χ0) is 26.6. The third kappa shape index (κ3) is 9.53. The Morgan fingerprint density at radius 2 is 1.70 bits per heavy atom. The van der Waals surface area contributed by atoms with E-state index in [1.54, 1.807) is 0 Å². The Kier molecular flexibility index (Phi) is 10.9. The molecule has 4 rings (SSSR count). The van der Waals surface area contributed by atoms with Crippen LogP contribution in [0.4, 0.5) is 4.79 Å². The number of rotatable bonds is 9. The van der Waals surface area contributed by atoms with E-state index in [0.717, 1.165) is 50.4 Å². The summed E-state index contributed by atoms with van der Waals surface area (Å²) < 4.78 is 11.2. The summed E-state index contributed by atoms with van der Waals surface area (Å²) in [6.45, 7) is 4.99. The minimum absolute atomic E-state index is 0.0101. The van der Waals surface area contributed by atoms with E-state index in [-0.39, 0.29) is 18.2 Å². The number of carbonyl (C=O) groups is 3. The van der Waals surface area contributed by atoms with Crippen molar-refractivity contribution < 1.29 is 34.1 Å². The van der Waals surface area contributed by atoms with Gasteiger partial charge in [0.15, 0.2) is 0 Å². The first kappa shape index (κ1) is 28.2. The van der Waals surface area contributed by atoms with Gasteiger partial charge in [0.1, 0.15) is 6.10 Å². The molecule has 0 bridgehead atoms. The third-order valence-corrected chi connectivity index (χ3v) is 6.24. The molecule has 0 aliphatic carbocycles. The van der Waals surface area contributed by atoms with Gasteiger partial charge in [-0.15, -0.1) is 0 Å². The van der Waals surface area contributed by atoms with Crippen molar-refractivity contribution in [3.05, 3.63) is 82.9 Å². The van der Waals surface area contributed by atoms with Gasteiger partial charge >= 0.3 is 18.0 Å². The van der Waals surface area contributed by atoms with Crippen LogP contribution >= 0.6 is 11.6 Å². The lowest BCUT2D eigenvalue weighted by Crippen LogP contribution is -2.39. The number of aliphatic carboxylic acids is 2. The van der Waals surface area contributed by atoms with Crippen LogP contribution in [0.1, 0.15) is 23.6 Å². The van der Waals surface area contributed by atoms with Gasteiger partial charge in [-0.1, -0.05) is 54.1 Å². The van der Waals surface area contributed by atoms with E-state index in [4.69, 9.17) is 31.3 Å². The van der Waals surface area contributed by atoms with E-state index >= 15 is 0 Å². The number of ether oxygens (including phenoxy) is 2. The van der Waals surface area contributed by atoms with Crippen LogP contribution < -0.4 is 0 Å². The summed E-state index contributed by atoms with van der Waals surface area (Å²) in [5.41, 5.74) is 2.24. The lowest BCUT2D eigenvalue weighted by atomic mass is 10.0. The Hall–Kier alpha value is -3.40. The van der Waals surface area contributed by atoms with Crippen molar-refractivity contribution in [2.24, 2.45) is 0 Å². The standard InChI is InChI=1S/C23H27ClN2O3.C4H4O4/c24-20-8-4-5-18(15-20)16-21-17-26(23(27)29-21)22(19-6-2-1-3-7-19)9-10-25-11-13-28-14-12-25;5-3(6)1-2-4(7)8/h1-8,15,21-22H,9-14,16-17H2;1-2H,(H,5,6)(H,7,8)/b;2-1+. The average molecular weight is 531 g/mol. The molecule has 2 aliphatic rings. The monoisotopic (exact) mass is 530 g/mol. The van der Waals surface area contributed by atoms with E-state index in [1.807, 2.05) is 47.4 Å². The van der Waals surface area contributed by atoms with Crippen LogP contribution in [0, 0.1) is 0 Å². The predicted octanol–water partition coefficient (Wildman–Crippen LogP) is 3.88. The number of morpholine rings is 1. The summed E-state index contributed by atoms with van der Waals surface area (Å²) in [6, 6.07) is 18.0. The minimum atomic E-state index is -1.26. The number of cyclic esters (lactones) is 1. The second-order valence-corrected chi connectivity index (χ2v) is 9.11. The largest absolute Gasteiger partial charge is 0.478 e. The maximum atomic E-state index is 12.8. The van der Waals surface area contributed by atoms with E-state index in [1.165, 1.54) is 0 Å². The van der Waals surface area contributed by atoms with Crippen molar-refractivity contribution in [2.75, 3.05) is 39.4 Å². The van der Waals surface area contributed by atoms with Crippen LogP contribution in [0.5, 0.6) is 0 Å². The van der Waals surface area contributed by atoms with Gasteiger partial charge in [-0.3, -0.25) is 9.80 Å². The summed E-state index contributed by atoms with van der Waals surface area (Å²) in [5, 5.41) is 16.3. The Balaban J connectivity index is 0.000000414. The first-order valence-electron chi connectivity index (χ1n) is 12.0. The predicted molar refractivity (Wildman–Crippen MR) is 138 cm³/mol. The van der Waals surface area contributed by atoms with Crippen molar-refractivity contribution in [3.63, 3.8) is 0 Å². The summed E-state index contributed by atoms with van der Waals surface area (Å²) in [7, 11) is 0. The van der Waals surface area contributed by atoms with Gasteiger partial charge in [0, 0.05) is 43.2 Å². The van der Waals surface area contributed by atoms with E-state index < -0.39 is 11.9 Å². The number of nitrogens with zero attached hydrogens (tertiary/aromatic N) is 2. The molecule has 2 aromatic carbocycles. The highest BCUT2D eigenvalue weighted by Gasteiger charge is 2.36. The Morgan fingerprint density at radius 3 is 2.32 bits per heavy atom. The van der Waals surface area contributed by atoms with E-state index in [2.05, 4.69) is 17.0 Å². The number of carboxylic acids is 2. The van der Waals surface area contributed by atoms with Gasteiger partial charge in [0.2, 0.25) is 0 Å². The molecule has 1 amide bonds. The second kappa shape index (κ2) is 14.4. The molecule has 37 heavy (non-hydrogen) atoms. The fourth-order valence-corrected chi connectivity index (χ4v) is 4.49. The second-order valence-electron chi connectivity index (χ2n) is 8.67. The molecule has 0 saturated carbocycles. The number of carboxylic acid groups (broad SMARTS) is 2. The molecule has 2 N–H and O–H groups in total. The number of halogens is 1. The summed E-state index contributed by atoms with van der Waals surface area (Å²) in [4.78, 5) is 36.2. The lowest BCUT2D eigenvalue weighted by Gasteiger charge is -2.31. The maximum Gasteiger partial charge on any atom is 0.410 e. The Morgan fingerprint density at radius 1 is 1.03 bits per heavy atom. The number of carbonyl (C=O) groups excluding carboxylic acids is 1. The zero-order valence-electron chi connectivity index (χ0n) is 20.4. The van der Waals surface area contributed by atoms with Crippen LogP contribution in [0.25, 0.3) is 0 Å². The molecule has 2 unspecified atom stereocenters. The van der Waals surface area contributed by atoms with Crippen LogP contribution in [-0.4, -0.2) is 83.5 Å². The van der Waals surface area contributed by atoms with E-state index in [9.17, 15) is 14.4 Å². The highest BCUT2D eigenvalue weighted by Crippen LogP contribution is 2.30. The molecule has 0 spiro atoms. The molecule has 2 aromatic rings. The zero-order valence-corrected chi connectivity index (χ0v) is 21.1. The molecular formula is C27H31ClN2O7. The summed E-state index contributed by atoms with van der Waals surface area (Å²) in [5.74, 6) is -2.51. The van der Waals surface area contributed by atoms with Crippen LogP contribution in [0.15, 0.2) is 66.7 Å². The molecule has 0 radical (unpaired) electrons. The van der Waals surface area contributed by atoms with Gasteiger partial charge in [-0.25, -0.2) is 14.4 Å². The van der Waals surface area contributed by atoms with Gasteiger partial charge in [0.25, 0.3) is 0 Å². The molecule has 2 saturated heterocycles. The van der Waals surface area contributed by atoms with E-state index in [0.29, 0.717) is 30.1 Å². The van der Waals surface area contributed by atoms with Crippen molar-refractivity contribution in [2.45, 2.75) is 25.0 Å². The first-order chi connectivity index (χ1) is 17.8. The van der Waals surface area contributed by atoms with Crippen molar-refractivity contribution in [1.29, 1.82) is 0 Å². The lowest BCUT2D eigenvalue weighted by molar-refractivity contribution is -0.134. The SMILES string of the molecule is O=C(O)/C=C/C(=O)O.O=C1OC(Cc2cccc(Cl)c2)CN1C(CCN1CCOCC1)c1ccccc1. The number of benzene rings is 2. The van der Waals surface area contributed by atoms with Gasteiger partial charge < -0.3 is 19.7 Å². The molecule has 2 heterocycles. The topological polar surface area (TPSA) is 117 Å². The van der Waals surface area contributed by atoms with Gasteiger partial charge in [-0.05, 0) is 29.7 Å². The molecule has 2 atom stereocenters. The quantitative estimate of drug-likeness (QED) is 0.469. The summed E-state index contributed by atoms with van der Waals surface area (Å²) in [6.07, 6.45) is 2.28. The number of amides is 1. The van der Waals surface area contributed by atoms with Crippen molar-refractivity contribution in [1.82, 2.24) is 9.80 Å². The molecular weight excluding hydrogens is 500 g/mol. The Labute approximate surface area is 220 Å². The molecule has 0 aromatic heterocycles. The first-order valence-corrected chi connectivity index (χ1v) is 12.4. The van der Waals surface area contributed by atoms with Gasteiger partial charge in [-0.2, -0.15) is 0 Å². The van der Waals surface area contributed by atoms with Gasteiger partial charge in [0.05, 0.1) is 25.8 Å². The minimum Gasteiger partial charge on any atom is -0.478 e. The molecule has 2 aliphatic heterocycles. The highest BCUT2D eigenvalue weighted by molar-refractivity contribution is 6.30. The molecule has 198 valence electrons. The van der Waals surface area contributed by atoms with Crippen LogP contribution in [-0.2, 0) is 25.5 Å². The molecule has 2 fully saturated rings. The number of hydrogen-bond acceptors (Lipinski definition) is 6. The maximum absolute atomic E-state index is 12.8. The molecule has 10 heteroatoms. The third-order valence-electron chi connectivity index (χ3n) is 6.01. The Bertz CT molecular complexity index is 1060. The fourth-order valence-electron chi connectivity index (χ4n) is 4.28. The highest BCUT2D eigenvalue weighted by atomic mass is 35.5. The normalized spacial score (nSPS) is 18.7. The molecule has 9 nitrogen and oxygen atoms in total. The fraction of sp³-hybridized carbons (Fsp3) is 0.370. The smallest absolute Gasteiger partial charge is 0.410 e. The van der Waals surface area contributed by atoms with Crippen molar-refractivity contribution >= 4 is 29.6 Å².